The molecule has 2 amide bonds. The second-order valence-electron chi connectivity index (χ2n) is 14.6. The van der Waals surface area contributed by atoms with Gasteiger partial charge in [-0.15, -0.1) is 11.8 Å². The van der Waals surface area contributed by atoms with Gasteiger partial charge in [0.2, 0.25) is 17.8 Å². The van der Waals surface area contributed by atoms with Gasteiger partial charge in [0.25, 0.3) is 0 Å². The van der Waals surface area contributed by atoms with Gasteiger partial charge in [-0.2, -0.15) is 10.1 Å². The monoisotopic (exact) mass is 778 g/mol. The summed E-state index contributed by atoms with van der Waals surface area (Å²) in [5.74, 6) is 1.71. The maximum atomic E-state index is 13.7. The predicted octanol–water partition coefficient (Wildman–Crippen LogP) is 3.40. The predicted molar refractivity (Wildman–Crippen MR) is 213 cm³/mol. The highest BCUT2D eigenvalue weighted by Gasteiger charge is 2.38. The summed E-state index contributed by atoms with van der Waals surface area (Å²) in [7, 11) is 3.29. The first-order valence-corrected chi connectivity index (χ1v) is 20.2. The molecule has 298 valence electrons. The molecular weight excluding hydrogens is 725 g/mol. The van der Waals surface area contributed by atoms with Crippen LogP contribution in [0.15, 0.2) is 30.6 Å². The number of benzene rings is 1. The molecule has 3 aromatic rings. The van der Waals surface area contributed by atoms with E-state index < -0.39 is 12.0 Å². The number of thioether (sulfide) groups is 1. The smallest absolute Gasteiger partial charge is 0.321 e. The Morgan fingerprint density at radius 3 is 2.42 bits per heavy atom. The molecule has 2 aliphatic heterocycles. The zero-order valence-corrected chi connectivity index (χ0v) is 32.9. The normalized spacial score (nSPS) is 20.9. The van der Waals surface area contributed by atoms with Crippen molar-refractivity contribution < 1.29 is 29.0 Å². The number of aromatic nitrogens is 4. The zero-order valence-electron chi connectivity index (χ0n) is 32.0. The quantitative estimate of drug-likeness (QED) is 0.154. The molecule has 3 aliphatic rings. The molecule has 6 N–H and O–H groups in total. The van der Waals surface area contributed by atoms with Gasteiger partial charge in [0.05, 0.1) is 37.8 Å². The van der Waals surface area contributed by atoms with Crippen LogP contribution in [0, 0.1) is 11.8 Å². The summed E-state index contributed by atoms with van der Waals surface area (Å²) in [6.07, 6.45) is 7.73. The number of methoxy groups -OCH3 is 2. The van der Waals surface area contributed by atoms with E-state index >= 15 is 0 Å². The second kappa shape index (κ2) is 17.8. The summed E-state index contributed by atoms with van der Waals surface area (Å²) in [5.41, 5.74) is 15.5. The summed E-state index contributed by atoms with van der Waals surface area (Å²) in [5, 5.41) is 16.8. The number of amides is 2. The third-order valence-electron chi connectivity index (χ3n) is 10.9. The number of nitrogens with zero attached hydrogens (tertiary/aromatic N) is 7. The first kappa shape index (κ1) is 39.9. The molecule has 0 radical (unpaired) electrons. The number of carbonyl (C=O) groups excluding carboxylic acids is 2. The molecule has 1 saturated carbocycles. The number of likely N-dealkylation sites (tertiary alicyclic amines) is 1. The number of nitrogens with one attached hydrogen (secondary N) is 1. The molecule has 2 atom stereocenters. The lowest BCUT2D eigenvalue weighted by Crippen LogP contribution is -2.51. The number of anilines is 3. The summed E-state index contributed by atoms with van der Waals surface area (Å²) in [4.78, 5) is 52.6. The summed E-state index contributed by atoms with van der Waals surface area (Å²) < 4.78 is 13.6. The van der Waals surface area contributed by atoms with Gasteiger partial charge in [-0.3, -0.25) is 19.1 Å². The molecule has 0 bridgehead atoms. The van der Waals surface area contributed by atoms with Gasteiger partial charge in [0.15, 0.2) is 11.3 Å². The molecule has 3 fully saturated rings. The molecule has 1 aromatic carbocycles. The number of hydrogen-bond donors (Lipinski definition) is 4. The molecule has 2 saturated heterocycles. The van der Waals surface area contributed by atoms with Gasteiger partial charge in [-0.05, 0) is 38.0 Å². The average Bonchev–Trinajstić information content (AvgIpc) is 3.71. The van der Waals surface area contributed by atoms with E-state index in [1.165, 1.54) is 11.8 Å². The lowest BCUT2D eigenvalue weighted by molar-refractivity contribution is -0.138. The van der Waals surface area contributed by atoms with Gasteiger partial charge < -0.3 is 46.1 Å². The van der Waals surface area contributed by atoms with E-state index in [2.05, 4.69) is 33.7 Å². The first-order chi connectivity index (χ1) is 26.5. The number of carbonyl (C=O) groups is 3. The van der Waals surface area contributed by atoms with Crippen LogP contribution in [0.2, 0.25) is 0 Å². The average molecular weight is 779 g/mol. The van der Waals surface area contributed by atoms with E-state index in [0.29, 0.717) is 80.0 Å². The molecule has 16 nitrogen and oxygen atoms in total. The molecule has 4 heterocycles. The SMILES string of the molecule is C=C1CC(SC[C@H](N)C(=O)O)C(=O)N1CC1CCC(C(=O)N2CCN(c3cc(OC)c(Cn4cc5nc(N)nc(NCCCC)c5n4)c(OC)c3)CC2)CC1. The van der Waals surface area contributed by atoms with Crippen molar-refractivity contribution in [2.45, 2.75) is 69.7 Å². The number of nitrogen functional groups attached to an aromatic ring is 1. The van der Waals surface area contributed by atoms with Gasteiger partial charge in [0.1, 0.15) is 23.1 Å². The topological polar surface area (TPSA) is 207 Å². The Morgan fingerprint density at radius 2 is 1.78 bits per heavy atom. The standard InChI is InChI=1S/C38H54N10O6S/c1-5-6-11-41-34-33-29(42-38(40)43-34)21-47(44-33)20-27-30(53-3)17-26(18-31(27)54-4)45-12-14-46(15-13-45)35(49)25-9-7-24(8-10-25)19-48-23(2)16-32(36(48)50)55-22-28(39)37(51)52/h17-18,21,24-25,28,32H,2,5-16,19-20,22,39H2,1,3-4H3,(H,51,52)(H3,40,41,42,43)/t24?,25?,28-,32?/m0/s1. The maximum Gasteiger partial charge on any atom is 0.321 e. The molecule has 17 heteroatoms. The fourth-order valence-electron chi connectivity index (χ4n) is 7.71. The van der Waals surface area contributed by atoms with Gasteiger partial charge in [-0.25, -0.2) is 4.98 Å². The third kappa shape index (κ3) is 9.20. The molecular formula is C38H54N10O6S. The fourth-order valence-corrected chi connectivity index (χ4v) is 8.87. The van der Waals surface area contributed by atoms with Crippen LogP contribution in [0.4, 0.5) is 17.5 Å². The second-order valence-corrected chi connectivity index (χ2v) is 15.9. The number of ether oxygens (including phenoxy) is 2. The minimum Gasteiger partial charge on any atom is -0.496 e. The number of rotatable bonds is 16. The third-order valence-corrected chi connectivity index (χ3v) is 12.2. The van der Waals surface area contributed by atoms with E-state index in [4.69, 9.17) is 31.1 Å². The number of unbranched alkanes of at least 4 members (excludes halogenated alkanes) is 1. The number of allylic oxidation sites excluding steroid dienone is 1. The van der Waals surface area contributed by atoms with Crippen molar-refractivity contribution in [3.05, 3.63) is 36.2 Å². The first-order valence-electron chi connectivity index (χ1n) is 19.1. The number of nitrogens with two attached hydrogens (primary N) is 2. The van der Waals surface area contributed by atoms with Crippen LogP contribution < -0.4 is 31.2 Å². The van der Waals surface area contributed by atoms with Crippen molar-refractivity contribution in [2.24, 2.45) is 17.6 Å². The van der Waals surface area contributed by atoms with Crippen molar-refractivity contribution in [3.63, 3.8) is 0 Å². The highest BCUT2D eigenvalue weighted by atomic mass is 32.2. The van der Waals surface area contributed by atoms with E-state index in [0.717, 1.165) is 62.0 Å². The molecule has 55 heavy (non-hydrogen) atoms. The van der Waals surface area contributed by atoms with E-state index in [-0.39, 0.29) is 34.7 Å². The Hall–Kier alpha value is -4.77. The Bertz CT molecular complexity index is 1850. The van der Waals surface area contributed by atoms with Crippen LogP contribution in [0.3, 0.4) is 0 Å². The van der Waals surface area contributed by atoms with E-state index in [1.54, 1.807) is 23.8 Å². The van der Waals surface area contributed by atoms with Crippen molar-refractivity contribution in [2.75, 3.05) is 75.2 Å². The van der Waals surface area contributed by atoms with Crippen molar-refractivity contribution in [1.82, 2.24) is 29.5 Å². The van der Waals surface area contributed by atoms with Crippen molar-refractivity contribution >= 4 is 58.0 Å². The Morgan fingerprint density at radius 1 is 1.09 bits per heavy atom. The van der Waals surface area contributed by atoms with Crippen LogP contribution in [0.5, 0.6) is 11.5 Å². The highest BCUT2D eigenvalue weighted by Crippen LogP contribution is 2.38. The fraction of sp³-hybridized carbons (Fsp3) is 0.579. The largest absolute Gasteiger partial charge is 0.496 e. The molecule has 0 spiro atoms. The lowest BCUT2D eigenvalue weighted by atomic mass is 9.81. The van der Waals surface area contributed by atoms with E-state index in [9.17, 15) is 14.4 Å². The zero-order chi connectivity index (χ0) is 39.2. The number of aliphatic carboxylic acids is 1. The Kier molecular flexibility index (Phi) is 12.9. The minimum atomic E-state index is -1.07. The summed E-state index contributed by atoms with van der Waals surface area (Å²) in [6.45, 7) is 10.6. The van der Waals surface area contributed by atoms with Crippen LogP contribution in [0.25, 0.3) is 11.0 Å². The molecule has 2 aromatic heterocycles. The Labute approximate surface area is 326 Å². The van der Waals surface area contributed by atoms with Gasteiger partial charge >= 0.3 is 5.97 Å². The number of fused-ring (bicyclic) bond motifs is 1. The lowest BCUT2D eigenvalue weighted by Gasteiger charge is -2.39. The van der Waals surface area contributed by atoms with Gasteiger partial charge in [0, 0.05) is 80.9 Å². The summed E-state index contributed by atoms with van der Waals surface area (Å²) >= 11 is 1.29. The van der Waals surface area contributed by atoms with Crippen molar-refractivity contribution in [3.8, 4) is 11.5 Å². The van der Waals surface area contributed by atoms with Crippen LogP contribution in [-0.2, 0) is 20.9 Å². The molecule has 1 aliphatic carbocycles. The number of carboxylic acids is 1. The van der Waals surface area contributed by atoms with Crippen LogP contribution in [-0.4, -0.2) is 123 Å². The Balaban J connectivity index is 1.02. The number of piperazine rings is 1. The molecule has 6 rings (SSSR count). The highest BCUT2D eigenvalue weighted by molar-refractivity contribution is 8.00. The number of carboxylic acid groups (broad SMARTS) is 1. The minimum absolute atomic E-state index is 0.0224. The van der Waals surface area contributed by atoms with Gasteiger partial charge in [-0.1, -0.05) is 19.9 Å². The molecule has 1 unspecified atom stereocenters. The van der Waals surface area contributed by atoms with Crippen LogP contribution in [0.1, 0.15) is 57.4 Å². The van der Waals surface area contributed by atoms with Crippen LogP contribution >= 0.6 is 11.8 Å². The number of hydrogen-bond acceptors (Lipinski definition) is 13. The summed E-state index contributed by atoms with van der Waals surface area (Å²) in [6, 6.07) is 3.03. The van der Waals surface area contributed by atoms with Crippen molar-refractivity contribution in [1.29, 1.82) is 0 Å². The van der Waals surface area contributed by atoms with E-state index in [1.807, 2.05) is 23.2 Å². The maximum absolute atomic E-state index is 13.7.